The molecular formula is C15H13Br2NO3S. The van der Waals surface area contributed by atoms with E-state index in [0.717, 1.165) is 4.47 Å². The van der Waals surface area contributed by atoms with Gasteiger partial charge in [-0.1, -0.05) is 34.1 Å². The van der Waals surface area contributed by atoms with Crippen LogP contribution in [0.5, 0.6) is 0 Å². The number of sulfone groups is 1. The molecule has 2 aromatic rings. The molecule has 22 heavy (non-hydrogen) atoms. The summed E-state index contributed by atoms with van der Waals surface area (Å²) in [6.07, 6.45) is 0. The monoisotopic (exact) mass is 445 g/mol. The second-order valence-corrected chi connectivity index (χ2v) is 8.65. The Balaban J connectivity index is 2.22. The third-order valence-corrected chi connectivity index (χ3v) is 6.32. The van der Waals surface area contributed by atoms with E-state index in [1.54, 1.807) is 36.4 Å². The lowest BCUT2D eigenvalue weighted by Gasteiger charge is -2.14. The predicted molar refractivity (Wildman–Crippen MR) is 93.6 cm³/mol. The lowest BCUT2D eigenvalue weighted by atomic mass is 10.3. The Morgan fingerprint density at radius 3 is 2.32 bits per heavy atom. The summed E-state index contributed by atoms with van der Waals surface area (Å²) in [5, 5.41) is 1.44. The van der Waals surface area contributed by atoms with Crippen LogP contribution < -0.4 is 5.32 Å². The average molecular weight is 447 g/mol. The van der Waals surface area contributed by atoms with Gasteiger partial charge in [0, 0.05) is 8.95 Å². The number of hydrogen-bond donors (Lipinski definition) is 1. The first-order chi connectivity index (χ1) is 10.3. The molecule has 4 nitrogen and oxygen atoms in total. The van der Waals surface area contributed by atoms with Crippen molar-refractivity contribution >= 4 is 53.3 Å². The van der Waals surface area contributed by atoms with Gasteiger partial charge in [-0.15, -0.1) is 0 Å². The summed E-state index contributed by atoms with van der Waals surface area (Å²) in [7, 11) is -3.72. The number of carbonyl (C=O) groups excluding carboxylic acids is 1. The molecule has 1 amide bonds. The Kier molecular flexibility index (Phi) is 5.41. The van der Waals surface area contributed by atoms with E-state index in [0.29, 0.717) is 10.2 Å². The van der Waals surface area contributed by atoms with E-state index in [9.17, 15) is 13.2 Å². The average Bonchev–Trinajstić information content (AvgIpc) is 2.50. The summed E-state index contributed by atoms with van der Waals surface area (Å²) >= 11 is 6.64. The van der Waals surface area contributed by atoms with Crippen LogP contribution in [-0.4, -0.2) is 19.6 Å². The molecule has 0 aliphatic rings. The van der Waals surface area contributed by atoms with Gasteiger partial charge in [0.1, 0.15) is 5.25 Å². The fourth-order valence-corrected chi connectivity index (χ4v) is 4.21. The molecule has 0 aromatic heterocycles. The summed E-state index contributed by atoms with van der Waals surface area (Å²) in [6, 6.07) is 13.2. The van der Waals surface area contributed by atoms with E-state index < -0.39 is 21.0 Å². The third kappa shape index (κ3) is 3.77. The Hall–Kier alpha value is -1.18. The van der Waals surface area contributed by atoms with E-state index in [2.05, 4.69) is 37.2 Å². The highest BCUT2D eigenvalue weighted by molar-refractivity contribution is 9.11. The van der Waals surface area contributed by atoms with Gasteiger partial charge in [-0.05, 0) is 53.2 Å². The zero-order valence-corrected chi connectivity index (χ0v) is 15.6. The summed E-state index contributed by atoms with van der Waals surface area (Å²) < 4.78 is 26.4. The molecule has 0 aliphatic heterocycles. The molecule has 0 bridgehead atoms. The van der Waals surface area contributed by atoms with Crippen LogP contribution in [0.2, 0.25) is 0 Å². The van der Waals surface area contributed by atoms with Crippen molar-refractivity contribution in [3.63, 3.8) is 0 Å². The first kappa shape index (κ1) is 17.2. The molecule has 1 atom stereocenters. The maximum absolute atomic E-state index is 12.4. The van der Waals surface area contributed by atoms with Crippen LogP contribution in [0.3, 0.4) is 0 Å². The van der Waals surface area contributed by atoms with Crippen LogP contribution in [0.4, 0.5) is 5.69 Å². The smallest absolute Gasteiger partial charge is 0.242 e. The van der Waals surface area contributed by atoms with E-state index >= 15 is 0 Å². The van der Waals surface area contributed by atoms with Crippen molar-refractivity contribution in [2.24, 2.45) is 0 Å². The molecule has 0 aliphatic carbocycles. The van der Waals surface area contributed by atoms with Crippen molar-refractivity contribution in [1.82, 2.24) is 0 Å². The van der Waals surface area contributed by atoms with Gasteiger partial charge in [0.15, 0.2) is 9.84 Å². The van der Waals surface area contributed by atoms with Crippen LogP contribution >= 0.6 is 31.9 Å². The molecule has 0 saturated carbocycles. The van der Waals surface area contributed by atoms with Crippen LogP contribution in [0.1, 0.15) is 6.92 Å². The summed E-state index contributed by atoms with van der Waals surface area (Å²) in [5.41, 5.74) is 0.517. The number of carbonyl (C=O) groups is 1. The quantitative estimate of drug-likeness (QED) is 0.771. The summed E-state index contributed by atoms with van der Waals surface area (Å²) in [6.45, 7) is 1.38. The van der Waals surface area contributed by atoms with Crippen molar-refractivity contribution in [1.29, 1.82) is 0 Å². The van der Waals surface area contributed by atoms with Crippen molar-refractivity contribution < 1.29 is 13.2 Å². The third-order valence-electron chi connectivity index (χ3n) is 3.10. The van der Waals surface area contributed by atoms with Crippen molar-refractivity contribution in [3.05, 3.63) is 57.5 Å². The zero-order valence-electron chi connectivity index (χ0n) is 11.6. The first-order valence-corrected chi connectivity index (χ1v) is 9.50. The van der Waals surface area contributed by atoms with Gasteiger partial charge >= 0.3 is 0 Å². The highest BCUT2D eigenvalue weighted by Gasteiger charge is 2.29. The molecule has 0 fully saturated rings. The zero-order chi connectivity index (χ0) is 16.3. The Morgan fingerprint density at radius 1 is 1.09 bits per heavy atom. The lowest BCUT2D eigenvalue weighted by molar-refractivity contribution is -0.115. The molecule has 7 heteroatoms. The van der Waals surface area contributed by atoms with E-state index in [-0.39, 0.29) is 4.90 Å². The van der Waals surface area contributed by atoms with E-state index in [1.807, 2.05) is 0 Å². The highest BCUT2D eigenvalue weighted by Crippen LogP contribution is 2.27. The van der Waals surface area contributed by atoms with Crippen molar-refractivity contribution in [2.75, 3.05) is 5.32 Å². The standard InChI is InChI=1S/C15H13Br2NO3S/c1-10(22(20,21)12-5-3-2-4-6-12)15(19)18-14-8-7-11(16)9-13(14)17/h2-10H,1H3,(H,18,19). The van der Waals surface area contributed by atoms with Gasteiger partial charge in [-0.3, -0.25) is 4.79 Å². The van der Waals surface area contributed by atoms with E-state index in [1.165, 1.54) is 19.1 Å². The predicted octanol–water partition coefficient (Wildman–Crippen LogP) is 4.01. The van der Waals surface area contributed by atoms with Gasteiger partial charge in [0.2, 0.25) is 5.91 Å². The fraction of sp³-hybridized carbons (Fsp3) is 0.133. The van der Waals surface area contributed by atoms with Gasteiger partial charge in [-0.25, -0.2) is 8.42 Å². The number of nitrogens with one attached hydrogen (secondary N) is 1. The number of hydrogen-bond acceptors (Lipinski definition) is 3. The Morgan fingerprint density at radius 2 is 1.73 bits per heavy atom. The van der Waals surface area contributed by atoms with Crippen LogP contribution in [-0.2, 0) is 14.6 Å². The first-order valence-electron chi connectivity index (χ1n) is 6.37. The van der Waals surface area contributed by atoms with Crippen LogP contribution in [0.25, 0.3) is 0 Å². The number of amides is 1. The van der Waals surface area contributed by atoms with Gasteiger partial charge in [0.25, 0.3) is 0 Å². The molecule has 2 rings (SSSR count). The second kappa shape index (κ2) is 6.93. The molecule has 0 spiro atoms. The van der Waals surface area contributed by atoms with Crippen LogP contribution in [0, 0.1) is 0 Å². The number of rotatable bonds is 4. The highest BCUT2D eigenvalue weighted by atomic mass is 79.9. The van der Waals surface area contributed by atoms with Gasteiger partial charge in [0.05, 0.1) is 10.6 Å². The minimum atomic E-state index is -3.72. The van der Waals surface area contributed by atoms with Gasteiger partial charge < -0.3 is 5.32 Å². The molecule has 0 radical (unpaired) electrons. The molecule has 0 heterocycles. The second-order valence-electron chi connectivity index (χ2n) is 4.61. The minimum Gasteiger partial charge on any atom is -0.324 e. The number of anilines is 1. The maximum atomic E-state index is 12.4. The van der Waals surface area contributed by atoms with Crippen molar-refractivity contribution in [2.45, 2.75) is 17.1 Å². The summed E-state index contributed by atoms with van der Waals surface area (Å²) in [5.74, 6) is -0.577. The lowest BCUT2D eigenvalue weighted by Crippen LogP contribution is -2.32. The number of benzene rings is 2. The maximum Gasteiger partial charge on any atom is 0.242 e. The minimum absolute atomic E-state index is 0.132. The summed E-state index contributed by atoms with van der Waals surface area (Å²) in [4.78, 5) is 12.4. The molecule has 116 valence electrons. The largest absolute Gasteiger partial charge is 0.324 e. The Labute approximate surface area is 146 Å². The number of halogens is 2. The van der Waals surface area contributed by atoms with Gasteiger partial charge in [-0.2, -0.15) is 0 Å². The SMILES string of the molecule is CC(C(=O)Nc1ccc(Br)cc1Br)S(=O)(=O)c1ccccc1. The van der Waals surface area contributed by atoms with Crippen LogP contribution in [0.15, 0.2) is 62.4 Å². The molecule has 2 aromatic carbocycles. The fourth-order valence-electron chi connectivity index (χ4n) is 1.78. The molecule has 0 saturated heterocycles. The molecule has 1 N–H and O–H groups in total. The molecular weight excluding hydrogens is 434 g/mol. The Bertz CT molecular complexity index is 792. The van der Waals surface area contributed by atoms with Crippen molar-refractivity contribution in [3.8, 4) is 0 Å². The normalized spacial score (nSPS) is 12.7. The van der Waals surface area contributed by atoms with E-state index in [4.69, 9.17) is 0 Å². The molecule has 1 unspecified atom stereocenters. The topological polar surface area (TPSA) is 63.2 Å².